The van der Waals surface area contributed by atoms with Crippen molar-refractivity contribution in [2.75, 3.05) is 16.8 Å². The van der Waals surface area contributed by atoms with Crippen LogP contribution in [0.15, 0.2) is 84.9 Å². The van der Waals surface area contributed by atoms with E-state index in [1.807, 2.05) is 41.2 Å². The number of carbonyl (C=O) groups is 1. The maximum Gasteiger partial charge on any atom is 0.274 e. The summed E-state index contributed by atoms with van der Waals surface area (Å²) >= 11 is 1.47. The van der Waals surface area contributed by atoms with Crippen LogP contribution in [0.5, 0.6) is 0 Å². The van der Waals surface area contributed by atoms with Crippen LogP contribution in [0.3, 0.4) is 0 Å². The van der Waals surface area contributed by atoms with Crippen molar-refractivity contribution in [3.63, 3.8) is 0 Å². The quantitative estimate of drug-likeness (QED) is 0.317. The molecule has 0 radical (unpaired) electrons. The van der Waals surface area contributed by atoms with E-state index in [0.29, 0.717) is 17.4 Å². The molecule has 36 heavy (non-hydrogen) atoms. The van der Waals surface area contributed by atoms with Gasteiger partial charge in [0.1, 0.15) is 11.5 Å². The summed E-state index contributed by atoms with van der Waals surface area (Å²) in [5.41, 5.74) is 4.91. The standard InChI is InChI=1S/C27H25N7OS/c35-26(24-4-1-15-33(24)17-19-9-11-28-12-10-19)32-27-31-22(18-36-27)23-3-2-16-34(23)21-7-5-20(6-8-21)25-29-13-14-30-25/h1,4-15,18,23H,2-3,16-17H2,(H,29,30)(H,31,32,35)/t23-/m1/s1. The fourth-order valence-corrected chi connectivity index (χ4v) is 5.47. The van der Waals surface area contributed by atoms with Gasteiger partial charge in [-0.1, -0.05) is 0 Å². The molecule has 0 spiro atoms. The molecule has 5 aromatic rings. The second kappa shape index (κ2) is 9.79. The van der Waals surface area contributed by atoms with E-state index in [0.717, 1.165) is 42.0 Å². The van der Waals surface area contributed by atoms with Gasteiger partial charge in [-0.2, -0.15) is 0 Å². The average molecular weight is 496 g/mol. The van der Waals surface area contributed by atoms with E-state index in [9.17, 15) is 4.79 Å². The van der Waals surface area contributed by atoms with Crippen molar-refractivity contribution in [3.05, 3.63) is 102 Å². The lowest BCUT2D eigenvalue weighted by Crippen LogP contribution is -2.23. The van der Waals surface area contributed by atoms with Gasteiger partial charge in [-0.3, -0.25) is 15.1 Å². The Hall–Kier alpha value is -4.24. The molecule has 0 unspecified atom stereocenters. The molecule has 1 saturated heterocycles. The van der Waals surface area contributed by atoms with Gasteiger partial charge in [0.05, 0.1) is 11.7 Å². The zero-order chi connectivity index (χ0) is 24.3. The fraction of sp³-hybridized carbons (Fsp3) is 0.185. The fourth-order valence-electron chi connectivity index (χ4n) is 4.72. The third-order valence-electron chi connectivity index (χ3n) is 6.47. The normalized spacial score (nSPS) is 15.3. The molecular weight excluding hydrogens is 470 g/mol. The molecule has 1 fully saturated rings. The molecule has 4 aromatic heterocycles. The first-order valence-corrected chi connectivity index (χ1v) is 12.8. The van der Waals surface area contributed by atoms with Crippen molar-refractivity contribution in [3.8, 4) is 11.4 Å². The Morgan fingerprint density at radius 2 is 1.97 bits per heavy atom. The summed E-state index contributed by atoms with van der Waals surface area (Å²) in [7, 11) is 0. The number of benzene rings is 1. The minimum absolute atomic E-state index is 0.160. The lowest BCUT2D eigenvalue weighted by Gasteiger charge is -2.25. The van der Waals surface area contributed by atoms with Crippen molar-refractivity contribution >= 4 is 28.1 Å². The Kier molecular flexibility index (Phi) is 6.05. The summed E-state index contributed by atoms with van der Waals surface area (Å²) in [6.45, 7) is 1.59. The van der Waals surface area contributed by atoms with Gasteiger partial charge in [0.2, 0.25) is 0 Å². The summed E-state index contributed by atoms with van der Waals surface area (Å²) in [6.07, 6.45) is 11.2. The first-order valence-electron chi connectivity index (χ1n) is 11.9. The number of amides is 1. The molecule has 1 aliphatic rings. The highest BCUT2D eigenvalue weighted by atomic mass is 32.1. The molecule has 5 heterocycles. The van der Waals surface area contributed by atoms with Crippen molar-refractivity contribution < 1.29 is 4.79 Å². The highest BCUT2D eigenvalue weighted by molar-refractivity contribution is 7.14. The van der Waals surface area contributed by atoms with E-state index in [4.69, 9.17) is 4.98 Å². The van der Waals surface area contributed by atoms with Gasteiger partial charge in [-0.25, -0.2) is 9.97 Å². The van der Waals surface area contributed by atoms with E-state index in [-0.39, 0.29) is 11.9 Å². The van der Waals surface area contributed by atoms with E-state index in [1.54, 1.807) is 18.6 Å². The van der Waals surface area contributed by atoms with Crippen LogP contribution < -0.4 is 10.2 Å². The van der Waals surface area contributed by atoms with Crippen molar-refractivity contribution in [2.45, 2.75) is 25.4 Å². The number of pyridine rings is 1. The van der Waals surface area contributed by atoms with Crippen LogP contribution in [0, 0.1) is 0 Å². The molecule has 0 aliphatic carbocycles. The van der Waals surface area contributed by atoms with Crippen LogP contribution in [0.25, 0.3) is 11.4 Å². The Labute approximate surface area is 212 Å². The van der Waals surface area contributed by atoms with Crippen LogP contribution in [-0.4, -0.2) is 37.0 Å². The third kappa shape index (κ3) is 4.52. The minimum atomic E-state index is -0.160. The molecule has 8 nitrogen and oxygen atoms in total. The van der Waals surface area contributed by atoms with E-state index in [1.165, 1.54) is 17.0 Å². The number of imidazole rings is 1. The molecular formula is C27H25N7OS. The molecule has 6 rings (SSSR count). The minimum Gasteiger partial charge on any atom is -0.363 e. The molecule has 1 atom stereocenters. The molecule has 1 amide bonds. The maximum absolute atomic E-state index is 13.0. The lowest BCUT2D eigenvalue weighted by molar-refractivity contribution is 0.101. The molecule has 1 aromatic carbocycles. The summed E-state index contributed by atoms with van der Waals surface area (Å²) in [5.74, 6) is 0.707. The van der Waals surface area contributed by atoms with E-state index < -0.39 is 0 Å². The Morgan fingerprint density at radius 1 is 1.11 bits per heavy atom. The average Bonchev–Trinajstić information content (AvgIpc) is 3.72. The summed E-state index contributed by atoms with van der Waals surface area (Å²) in [6, 6.07) is 16.3. The van der Waals surface area contributed by atoms with Crippen LogP contribution in [0.4, 0.5) is 10.8 Å². The molecule has 2 N–H and O–H groups in total. The van der Waals surface area contributed by atoms with Gasteiger partial charge in [-0.05, 0) is 66.9 Å². The number of H-pyrrole nitrogens is 1. The van der Waals surface area contributed by atoms with E-state index >= 15 is 0 Å². The van der Waals surface area contributed by atoms with Crippen molar-refractivity contribution in [1.82, 2.24) is 24.5 Å². The number of nitrogens with zero attached hydrogens (tertiary/aromatic N) is 5. The monoisotopic (exact) mass is 495 g/mol. The smallest absolute Gasteiger partial charge is 0.274 e. The number of aromatic nitrogens is 5. The number of hydrogen-bond donors (Lipinski definition) is 2. The van der Waals surface area contributed by atoms with Gasteiger partial charge in [-0.15, -0.1) is 11.3 Å². The number of rotatable bonds is 7. The molecule has 0 bridgehead atoms. The zero-order valence-corrected chi connectivity index (χ0v) is 20.4. The number of aromatic amines is 1. The van der Waals surface area contributed by atoms with Gasteiger partial charge < -0.3 is 14.5 Å². The number of thiazole rings is 1. The zero-order valence-electron chi connectivity index (χ0n) is 19.5. The van der Waals surface area contributed by atoms with Gasteiger partial charge in [0.25, 0.3) is 5.91 Å². The predicted molar refractivity (Wildman–Crippen MR) is 141 cm³/mol. The Bertz CT molecular complexity index is 1440. The SMILES string of the molecule is O=C(Nc1nc([C@H]2CCCN2c2ccc(-c3ncc[nH]3)cc2)cs1)c1cccn1Cc1ccncc1. The van der Waals surface area contributed by atoms with E-state index in [2.05, 4.69) is 54.8 Å². The van der Waals surface area contributed by atoms with Crippen LogP contribution in [0.1, 0.15) is 40.6 Å². The maximum atomic E-state index is 13.0. The summed E-state index contributed by atoms with van der Waals surface area (Å²) in [4.78, 5) is 31.8. The topological polar surface area (TPSA) is 91.7 Å². The van der Waals surface area contributed by atoms with Gasteiger partial charge in [0, 0.05) is 60.7 Å². The highest BCUT2D eigenvalue weighted by Crippen LogP contribution is 2.37. The number of hydrogen-bond acceptors (Lipinski definition) is 6. The Morgan fingerprint density at radius 3 is 2.78 bits per heavy atom. The molecule has 1 aliphatic heterocycles. The summed E-state index contributed by atoms with van der Waals surface area (Å²) < 4.78 is 1.93. The molecule has 0 saturated carbocycles. The molecule has 180 valence electrons. The first kappa shape index (κ1) is 22.2. The molecule has 9 heteroatoms. The number of carbonyl (C=O) groups excluding carboxylic acids is 1. The largest absolute Gasteiger partial charge is 0.363 e. The first-order chi connectivity index (χ1) is 17.7. The van der Waals surface area contributed by atoms with Crippen LogP contribution in [-0.2, 0) is 6.54 Å². The second-order valence-corrected chi connectivity index (χ2v) is 9.60. The number of anilines is 2. The lowest BCUT2D eigenvalue weighted by atomic mass is 10.1. The second-order valence-electron chi connectivity index (χ2n) is 8.74. The highest BCUT2D eigenvalue weighted by Gasteiger charge is 2.28. The Balaban J connectivity index is 1.15. The van der Waals surface area contributed by atoms with Crippen LogP contribution in [0.2, 0.25) is 0 Å². The van der Waals surface area contributed by atoms with Crippen molar-refractivity contribution in [1.29, 1.82) is 0 Å². The predicted octanol–water partition coefficient (Wildman–Crippen LogP) is 5.37. The van der Waals surface area contributed by atoms with Gasteiger partial charge >= 0.3 is 0 Å². The number of nitrogens with one attached hydrogen (secondary N) is 2. The summed E-state index contributed by atoms with van der Waals surface area (Å²) in [5, 5.41) is 5.68. The van der Waals surface area contributed by atoms with Gasteiger partial charge in [0.15, 0.2) is 5.13 Å². The van der Waals surface area contributed by atoms with Crippen LogP contribution >= 0.6 is 11.3 Å². The van der Waals surface area contributed by atoms with Crippen molar-refractivity contribution in [2.24, 2.45) is 0 Å². The third-order valence-corrected chi connectivity index (χ3v) is 7.25.